The molecule has 0 fully saturated rings. The fourth-order valence-corrected chi connectivity index (χ4v) is 3.90. The molecule has 31 heavy (non-hydrogen) atoms. The Bertz CT molecular complexity index is 1170. The lowest BCUT2D eigenvalue weighted by atomic mass is 9.96. The Morgan fingerprint density at radius 2 is 2.00 bits per heavy atom. The van der Waals surface area contributed by atoms with E-state index in [-0.39, 0.29) is 11.3 Å². The summed E-state index contributed by atoms with van der Waals surface area (Å²) in [5.41, 5.74) is 2.91. The molecule has 0 radical (unpaired) electrons. The van der Waals surface area contributed by atoms with E-state index >= 15 is 0 Å². The van der Waals surface area contributed by atoms with Crippen molar-refractivity contribution in [2.75, 3.05) is 6.54 Å². The number of rotatable bonds is 6. The number of amides is 1. The minimum Gasteiger partial charge on any atom is -0.356 e. The molecule has 0 saturated carbocycles. The second-order valence-electron chi connectivity index (χ2n) is 8.24. The third-order valence-corrected chi connectivity index (χ3v) is 5.56. The zero-order valence-electron chi connectivity index (χ0n) is 17.9. The molecule has 4 aromatic rings. The number of hydrogen-bond acceptors (Lipinski definition) is 7. The quantitative estimate of drug-likeness (QED) is 0.489. The van der Waals surface area contributed by atoms with E-state index in [1.165, 1.54) is 0 Å². The van der Waals surface area contributed by atoms with Crippen LogP contribution in [0.2, 0.25) is 0 Å². The van der Waals surface area contributed by atoms with Gasteiger partial charge >= 0.3 is 0 Å². The summed E-state index contributed by atoms with van der Waals surface area (Å²) in [6.07, 6.45) is 4.91. The maximum Gasteiger partial charge on any atom is 0.254 e. The number of aromatic nitrogens is 5. The van der Waals surface area contributed by atoms with Crippen LogP contribution in [0.15, 0.2) is 46.7 Å². The molecule has 0 atom stereocenters. The second kappa shape index (κ2) is 8.43. The van der Waals surface area contributed by atoms with E-state index in [1.54, 1.807) is 29.9 Å². The van der Waals surface area contributed by atoms with Gasteiger partial charge in [-0.1, -0.05) is 32.0 Å². The SMILES string of the molecule is Cc1cc(-c2cnn(CCNC(=O)c3cnc(C(C)(C)C)nc3)c2-c2cccs2)on1. The number of carbonyl (C=O) groups excluding carboxylic acids is 1. The highest BCUT2D eigenvalue weighted by atomic mass is 32.1. The smallest absolute Gasteiger partial charge is 0.254 e. The Balaban J connectivity index is 1.48. The van der Waals surface area contributed by atoms with E-state index in [9.17, 15) is 4.79 Å². The number of nitrogens with zero attached hydrogens (tertiary/aromatic N) is 5. The molecular weight excluding hydrogens is 412 g/mol. The molecule has 1 N–H and O–H groups in total. The normalized spacial score (nSPS) is 11.6. The summed E-state index contributed by atoms with van der Waals surface area (Å²) in [5, 5.41) is 13.5. The van der Waals surface area contributed by atoms with Gasteiger partial charge in [0.15, 0.2) is 5.76 Å². The monoisotopic (exact) mass is 436 g/mol. The van der Waals surface area contributed by atoms with Gasteiger partial charge in [-0.15, -0.1) is 11.3 Å². The van der Waals surface area contributed by atoms with E-state index in [0.29, 0.717) is 30.2 Å². The van der Waals surface area contributed by atoms with E-state index in [2.05, 4.69) is 25.5 Å². The summed E-state index contributed by atoms with van der Waals surface area (Å²) in [7, 11) is 0. The fraction of sp³-hybridized carbons (Fsp3) is 0.318. The zero-order chi connectivity index (χ0) is 22.0. The van der Waals surface area contributed by atoms with E-state index in [1.807, 2.05) is 56.0 Å². The summed E-state index contributed by atoms with van der Waals surface area (Å²) < 4.78 is 7.33. The lowest BCUT2D eigenvalue weighted by Crippen LogP contribution is -2.28. The summed E-state index contributed by atoms with van der Waals surface area (Å²) in [4.78, 5) is 22.2. The number of aryl methyl sites for hydroxylation is 1. The third-order valence-electron chi connectivity index (χ3n) is 4.68. The van der Waals surface area contributed by atoms with Gasteiger partial charge in [-0.2, -0.15) is 5.10 Å². The van der Waals surface area contributed by atoms with Crippen LogP contribution in [0.25, 0.3) is 21.9 Å². The summed E-state index contributed by atoms with van der Waals surface area (Å²) >= 11 is 1.62. The van der Waals surface area contributed by atoms with Gasteiger partial charge in [0.05, 0.1) is 40.1 Å². The number of thiophene rings is 1. The Labute approximate surface area is 184 Å². The average Bonchev–Trinajstić information content (AvgIpc) is 3.47. The van der Waals surface area contributed by atoms with Crippen LogP contribution in [-0.2, 0) is 12.0 Å². The first-order valence-corrected chi connectivity index (χ1v) is 10.8. The first-order chi connectivity index (χ1) is 14.8. The highest BCUT2D eigenvalue weighted by molar-refractivity contribution is 7.13. The summed E-state index contributed by atoms with van der Waals surface area (Å²) in [6, 6.07) is 5.93. The lowest BCUT2D eigenvalue weighted by Gasteiger charge is -2.16. The largest absolute Gasteiger partial charge is 0.356 e. The van der Waals surface area contributed by atoms with Crippen molar-refractivity contribution in [2.24, 2.45) is 0 Å². The topological polar surface area (TPSA) is 98.7 Å². The van der Waals surface area contributed by atoms with Crippen molar-refractivity contribution < 1.29 is 9.32 Å². The van der Waals surface area contributed by atoms with Crippen molar-refractivity contribution >= 4 is 17.2 Å². The van der Waals surface area contributed by atoms with Crippen LogP contribution >= 0.6 is 11.3 Å². The van der Waals surface area contributed by atoms with Crippen LogP contribution in [0.4, 0.5) is 0 Å². The molecule has 0 aliphatic rings. The van der Waals surface area contributed by atoms with Crippen molar-refractivity contribution in [3.63, 3.8) is 0 Å². The molecule has 8 nitrogen and oxygen atoms in total. The van der Waals surface area contributed by atoms with Crippen LogP contribution in [0, 0.1) is 6.92 Å². The molecule has 0 aliphatic carbocycles. The molecule has 0 saturated heterocycles. The minimum absolute atomic E-state index is 0.160. The van der Waals surface area contributed by atoms with Crippen molar-refractivity contribution in [1.82, 2.24) is 30.2 Å². The predicted molar refractivity (Wildman–Crippen MR) is 119 cm³/mol. The maximum atomic E-state index is 12.5. The van der Waals surface area contributed by atoms with Crippen molar-refractivity contribution in [3.05, 3.63) is 59.3 Å². The van der Waals surface area contributed by atoms with Gasteiger partial charge in [0.25, 0.3) is 5.91 Å². The number of nitrogens with one attached hydrogen (secondary N) is 1. The molecule has 0 aliphatic heterocycles. The fourth-order valence-electron chi connectivity index (χ4n) is 3.11. The van der Waals surface area contributed by atoms with Crippen LogP contribution < -0.4 is 5.32 Å². The van der Waals surface area contributed by atoms with Crippen LogP contribution in [0.5, 0.6) is 0 Å². The van der Waals surface area contributed by atoms with Gasteiger partial charge in [-0.25, -0.2) is 9.97 Å². The van der Waals surface area contributed by atoms with Crippen molar-refractivity contribution in [3.8, 4) is 21.9 Å². The predicted octanol–water partition coefficient (Wildman–Crippen LogP) is 4.09. The van der Waals surface area contributed by atoms with Gasteiger partial charge in [-0.05, 0) is 18.4 Å². The van der Waals surface area contributed by atoms with Crippen LogP contribution in [-0.4, -0.2) is 37.4 Å². The molecular formula is C22H24N6O2S. The van der Waals surface area contributed by atoms with Gasteiger partial charge < -0.3 is 9.84 Å². The first kappa shape index (κ1) is 20.9. The molecule has 4 rings (SSSR count). The molecule has 0 aromatic carbocycles. The third kappa shape index (κ3) is 4.56. The van der Waals surface area contributed by atoms with E-state index < -0.39 is 0 Å². The zero-order valence-corrected chi connectivity index (χ0v) is 18.7. The molecule has 160 valence electrons. The number of hydrogen-bond donors (Lipinski definition) is 1. The number of carbonyl (C=O) groups is 1. The molecule has 0 spiro atoms. The van der Waals surface area contributed by atoms with Gasteiger partial charge in [0.2, 0.25) is 0 Å². The average molecular weight is 437 g/mol. The first-order valence-electron chi connectivity index (χ1n) is 9.97. The molecule has 0 bridgehead atoms. The van der Waals surface area contributed by atoms with E-state index in [4.69, 9.17) is 4.52 Å². The van der Waals surface area contributed by atoms with Gasteiger partial charge in [0, 0.05) is 30.4 Å². The Hall–Kier alpha value is -3.33. The highest BCUT2D eigenvalue weighted by Gasteiger charge is 2.20. The van der Waals surface area contributed by atoms with Gasteiger partial charge in [0.1, 0.15) is 5.82 Å². The molecule has 1 amide bonds. The lowest BCUT2D eigenvalue weighted by molar-refractivity contribution is 0.0951. The standard InChI is InChI=1S/C22H24N6O2S/c1-14-10-17(30-27-14)16-13-26-28(19(16)18-6-5-9-31-18)8-7-23-20(29)15-11-24-21(25-12-15)22(2,3)4/h5-6,9-13H,7-8H2,1-4H3,(H,23,29). The molecule has 4 aromatic heterocycles. The molecule has 4 heterocycles. The Morgan fingerprint density at radius 3 is 2.61 bits per heavy atom. The molecule has 9 heteroatoms. The maximum absolute atomic E-state index is 12.5. The Kier molecular flexibility index (Phi) is 5.69. The van der Waals surface area contributed by atoms with Crippen molar-refractivity contribution in [2.45, 2.75) is 39.7 Å². The second-order valence-corrected chi connectivity index (χ2v) is 9.19. The Morgan fingerprint density at radius 1 is 1.23 bits per heavy atom. The van der Waals surface area contributed by atoms with Crippen LogP contribution in [0.1, 0.15) is 42.6 Å². The van der Waals surface area contributed by atoms with Crippen LogP contribution in [0.3, 0.4) is 0 Å². The minimum atomic E-state index is -0.212. The molecule has 0 unspecified atom stereocenters. The van der Waals surface area contributed by atoms with E-state index in [0.717, 1.165) is 21.8 Å². The summed E-state index contributed by atoms with van der Waals surface area (Å²) in [5.74, 6) is 1.17. The summed E-state index contributed by atoms with van der Waals surface area (Å²) in [6.45, 7) is 8.90. The van der Waals surface area contributed by atoms with Gasteiger partial charge in [-0.3, -0.25) is 9.48 Å². The highest BCUT2D eigenvalue weighted by Crippen LogP contribution is 2.34. The van der Waals surface area contributed by atoms with Crippen molar-refractivity contribution in [1.29, 1.82) is 0 Å².